The van der Waals surface area contributed by atoms with E-state index in [1.807, 2.05) is 37.2 Å². The van der Waals surface area contributed by atoms with Crippen LogP contribution in [0.1, 0.15) is 16.1 Å². The summed E-state index contributed by atoms with van der Waals surface area (Å²) in [6.07, 6.45) is 0. The number of methoxy groups -OCH3 is 1. The molecule has 0 amide bonds. The van der Waals surface area contributed by atoms with Gasteiger partial charge in [-0.15, -0.1) is 0 Å². The molecule has 0 saturated carbocycles. The number of fused-ring (bicyclic) bond motifs is 1. The fourth-order valence-electron chi connectivity index (χ4n) is 2.79. The molecule has 0 bridgehead atoms. The van der Waals surface area contributed by atoms with Gasteiger partial charge in [-0.1, -0.05) is 24.3 Å². The summed E-state index contributed by atoms with van der Waals surface area (Å²) in [5.74, 6) is -0.600. The van der Waals surface area contributed by atoms with Gasteiger partial charge in [-0.05, 0) is 44.4 Å². The SMILES string of the molecule is COC(=O)c1cccc(S(=O)(=O)Nc2cccc3ccc(CN(C)C)nc23)c1. The molecule has 2 aromatic carbocycles. The lowest BCUT2D eigenvalue weighted by Gasteiger charge is -2.13. The molecule has 7 nitrogen and oxygen atoms in total. The number of rotatable bonds is 6. The Hall–Kier alpha value is -2.97. The summed E-state index contributed by atoms with van der Waals surface area (Å²) in [4.78, 5) is 18.3. The molecule has 0 radical (unpaired) electrons. The van der Waals surface area contributed by atoms with Crippen LogP contribution in [0.5, 0.6) is 0 Å². The standard InChI is InChI=1S/C20H21N3O4S/c1-23(2)13-16-11-10-14-6-5-9-18(19(14)21-16)22-28(25,26)17-8-4-7-15(12-17)20(24)27-3/h4-12,22H,13H2,1-3H3. The number of hydrogen-bond acceptors (Lipinski definition) is 6. The third-order valence-corrected chi connectivity index (χ3v) is 5.43. The molecule has 3 aromatic rings. The van der Waals surface area contributed by atoms with Crippen molar-refractivity contribution in [3.05, 3.63) is 65.9 Å². The van der Waals surface area contributed by atoms with Crippen molar-refractivity contribution in [2.24, 2.45) is 0 Å². The summed E-state index contributed by atoms with van der Waals surface area (Å²) < 4.78 is 33.0. The van der Waals surface area contributed by atoms with Gasteiger partial charge in [-0.25, -0.2) is 18.2 Å². The molecule has 0 aliphatic carbocycles. The molecule has 1 heterocycles. The number of nitrogens with zero attached hydrogens (tertiary/aromatic N) is 2. The number of ether oxygens (including phenoxy) is 1. The van der Waals surface area contributed by atoms with Gasteiger partial charge in [0.15, 0.2) is 0 Å². The van der Waals surface area contributed by atoms with Crippen LogP contribution in [0.4, 0.5) is 5.69 Å². The van der Waals surface area contributed by atoms with Gasteiger partial charge in [0, 0.05) is 11.9 Å². The van der Waals surface area contributed by atoms with Crippen LogP contribution in [0.3, 0.4) is 0 Å². The zero-order valence-electron chi connectivity index (χ0n) is 15.8. The van der Waals surface area contributed by atoms with Gasteiger partial charge in [0.25, 0.3) is 10.0 Å². The first-order valence-electron chi connectivity index (χ1n) is 8.55. The second-order valence-corrected chi connectivity index (χ2v) is 8.22. The molecule has 0 spiro atoms. The smallest absolute Gasteiger partial charge is 0.337 e. The highest BCUT2D eigenvalue weighted by atomic mass is 32.2. The van der Waals surface area contributed by atoms with E-state index in [1.165, 1.54) is 31.4 Å². The number of aromatic nitrogens is 1. The van der Waals surface area contributed by atoms with E-state index in [0.717, 1.165) is 11.1 Å². The van der Waals surface area contributed by atoms with E-state index in [0.29, 0.717) is 17.7 Å². The van der Waals surface area contributed by atoms with E-state index < -0.39 is 16.0 Å². The molecule has 8 heteroatoms. The Labute approximate surface area is 164 Å². The second kappa shape index (κ2) is 7.95. The normalized spacial score (nSPS) is 11.6. The van der Waals surface area contributed by atoms with E-state index >= 15 is 0 Å². The molecule has 0 aliphatic heterocycles. The lowest BCUT2D eigenvalue weighted by molar-refractivity contribution is 0.0600. The van der Waals surface area contributed by atoms with Crippen molar-refractivity contribution in [2.75, 3.05) is 25.9 Å². The van der Waals surface area contributed by atoms with Gasteiger partial charge < -0.3 is 9.64 Å². The predicted molar refractivity (Wildman–Crippen MR) is 108 cm³/mol. The van der Waals surface area contributed by atoms with Crippen molar-refractivity contribution in [3.63, 3.8) is 0 Å². The Bertz CT molecular complexity index is 1130. The first-order chi connectivity index (χ1) is 13.3. The number of carbonyl (C=O) groups is 1. The van der Waals surface area contributed by atoms with Crippen LogP contribution in [-0.4, -0.2) is 45.5 Å². The Morgan fingerprint density at radius 1 is 1.11 bits per heavy atom. The fourth-order valence-corrected chi connectivity index (χ4v) is 3.91. The molecule has 0 atom stereocenters. The first kappa shape index (κ1) is 19.8. The molecule has 0 unspecified atom stereocenters. The maximum atomic E-state index is 12.9. The zero-order valence-corrected chi connectivity index (χ0v) is 16.7. The Balaban J connectivity index is 2.00. The van der Waals surface area contributed by atoms with Crippen LogP contribution in [0, 0.1) is 0 Å². The van der Waals surface area contributed by atoms with E-state index in [9.17, 15) is 13.2 Å². The van der Waals surface area contributed by atoms with Crippen molar-refractivity contribution in [1.82, 2.24) is 9.88 Å². The van der Waals surface area contributed by atoms with Crippen molar-refractivity contribution in [3.8, 4) is 0 Å². The third kappa shape index (κ3) is 4.29. The van der Waals surface area contributed by atoms with Gasteiger partial charge in [-0.2, -0.15) is 0 Å². The molecule has 146 valence electrons. The molecule has 1 aromatic heterocycles. The van der Waals surface area contributed by atoms with Gasteiger partial charge in [0.2, 0.25) is 0 Å². The van der Waals surface area contributed by atoms with Crippen LogP contribution in [0.25, 0.3) is 10.9 Å². The molecule has 0 saturated heterocycles. The third-order valence-electron chi connectivity index (χ3n) is 4.07. The molecular formula is C20H21N3O4S. The number of esters is 1. The largest absolute Gasteiger partial charge is 0.465 e. The van der Waals surface area contributed by atoms with Crippen molar-refractivity contribution >= 4 is 32.6 Å². The maximum absolute atomic E-state index is 12.9. The topological polar surface area (TPSA) is 88.6 Å². The zero-order chi connectivity index (χ0) is 20.3. The quantitative estimate of drug-likeness (QED) is 0.641. The van der Waals surface area contributed by atoms with Crippen LogP contribution in [0.2, 0.25) is 0 Å². The Kier molecular flexibility index (Phi) is 5.62. The average molecular weight is 399 g/mol. The lowest BCUT2D eigenvalue weighted by Crippen LogP contribution is -2.15. The molecule has 3 rings (SSSR count). The average Bonchev–Trinajstić information content (AvgIpc) is 2.67. The van der Waals surface area contributed by atoms with Crippen LogP contribution in [-0.2, 0) is 21.3 Å². The van der Waals surface area contributed by atoms with Crippen LogP contribution >= 0.6 is 0 Å². The van der Waals surface area contributed by atoms with E-state index in [2.05, 4.69) is 14.4 Å². The Morgan fingerprint density at radius 3 is 2.57 bits per heavy atom. The summed E-state index contributed by atoms with van der Waals surface area (Å²) in [7, 11) is 1.21. The Morgan fingerprint density at radius 2 is 1.86 bits per heavy atom. The molecule has 1 N–H and O–H groups in total. The second-order valence-electron chi connectivity index (χ2n) is 6.54. The molecule has 0 aliphatic rings. The first-order valence-corrected chi connectivity index (χ1v) is 10.0. The minimum absolute atomic E-state index is 0.0307. The van der Waals surface area contributed by atoms with E-state index in [4.69, 9.17) is 0 Å². The molecule has 28 heavy (non-hydrogen) atoms. The summed E-state index contributed by atoms with van der Waals surface area (Å²) in [5, 5.41) is 0.825. The highest BCUT2D eigenvalue weighted by Crippen LogP contribution is 2.25. The summed E-state index contributed by atoms with van der Waals surface area (Å²) in [6.45, 7) is 0.637. The number of sulfonamides is 1. The number of para-hydroxylation sites is 1. The minimum Gasteiger partial charge on any atom is -0.465 e. The summed E-state index contributed by atoms with van der Waals surface area (Å²) in [5.41, 5.74) is 1.93. The van der Waals surface area contributed by atoms with E-state index in [-0.39, 0.29) is 10.5 Å². The van der Waals surface area contributed by atoms with Crippen molar-refractivity contribution < 1.29 is 17.9 Å². The van der Waals surface area contributed by atoms with Gasteiger partial charge in [0.1, 0.15) is 0 Å². The molecular weight excluding hydrogens is 378 g/mol. The maximum Gasteiger partial charge on any atom is 0.337 e. The van der Waals surface area contributed by atoms with Crippen LogP contribution < -0.4 is 4.72 Å². The summed E-state index contributed by atoms with van der Waals surface area (Å²) in [6, 6.07) is 14.8. The molecule has 0 fully saturated rings. The minimum atomic E-state index is -3.91. The lowest BCUT2D eigenvalue weighted by atomic mass is 10.2. The van der Waals surface area contributed by atoms with Gasteiger partial charge >= 0.3 is 5.97 Å². The highest BCUT2D eigenvalue weighted by Gasteiger charge is 2.18. The predicted octanol–water partition coefficient (Wildman–Crippen LogP) is 2.88. The van der Waals surface area contributed by atoms with Crippen LogP contribution in [0.15, 0.2) is 59.5 Å². The number of nitrogens with one attached hydrogen (secondary N) is 1. The fraction of sp³-hybridized carbons (Fsp3) is 0.200. The van der Waals surface area contributed by atoms with Crippen molar-refractivity contribution in [1.29, 1.82) is 0 Å². The number of pyridine rings is 1. The van der Waals surface area contributed by atoms with Crippen molar-refractivity contribution in [2.45, 2.75) is 11.4 Å². The summed E-state index contributed by atoms with van der Waals surface area (Å²) >= 11 is 0. The number of anilines is 1. The van der Waals surface area contributed by atoms with Gasteiger partial charge in [-0.3, -0.25) is 4.72 Å². The van der Waals surface area contributed by atoms with Gasteiger partial charge in [0.05, 0.1) is 34.5 Å². The highest BCUT2D eigenvalue weighted by molar-refractivity contribution is 7.92. The number of carbonyl (C=O) groups excluding carboxylic acids is 1. The number of hydrogen-bond donors (Lipinski definition) is 1. The number of benzene rings is 2. The van der Waals surface area contributed by atoms with E-state index in [1.54, 1.807) is 12.1 Å². The monoisotopic (exact) mass is 399 g/mol.